The minimum Gasteiger partial charge on any atom is -0.373 e. The van der Waals surface area contributed by atoms with E-state index >= 15 is 0 Å². The standard InChI is InChI=1S/C16H16O2S/c1-2-5-14-11-18-12-15-7-9-19-16(15)6-3-8-17-10-13(14)4-1/h1-7,9H,8,10-12H2/b6-3-. The second-order valence-corrected chi connectivity index (χ2v) is 5.44. The molecule has 0 unspecified atom stereocenters. The van der Waals surface area contributed by atoms with Crippen LogP contribution in [0, 0.1) is 0 Å². The van der Waals surface area contributed by atoms with Crippen molar-refractivity contribution in [1.29, 1.82) is 0 Å². The second-order valence-electron chi connectivity index (χ2n) is 4.49. The maximum atomic E-state index is 5.83. The molecule has 0 fully saturated rings. The Kier molecular flexibility index (Phi) is 4.08. The Morgan fingerprint density at radius 2 is 1.58 bits per heavy atom. The van der Waals surface area contributed by atoms with Gasteiger partial charge in [-0.05, 0) is 34.2 Å². The first-order valence-corrected chi connectivity index (χ1v) is 7.26. The predicted octanol–water partition coefficient (Wildman–Crippen LogP) is 4.01. The SMILES string of the molecule is C1=C\c2sccc2COCc2ccccc2COC/1. The van der Waals surface area contributed by atoms with Gasteiger partial charge < -0.3 is 9.47 Å². The van der Waals surface area contributed by atoms with E-state index in [1.54, 1.807) is 11.3 Å². The summed E-state index contributed by atoms with van der Waals surface area (Å²) in [5.74, 6) is 0. The number of benzene rings is 1. The summed E-state index contributed by atoms with van der Waals surface area (Å²) in [5.41, 5.74) is 3.67. The van der Waals surface area contributed by atoms with Crippen molar-refractivity contribution in [3.8, 4) is 0 Å². The number of hydrogen-bond acceptors (Lipinski definition) is 3. The molecule has 19 heavy (non-hydrogen) atoms. The Hall–Kier alpha value is -1.42. The molecule has 0 N–H and O–H groups in total. The Morgan fingerprint density at radius 3 is 2.42 bits per heavy atom. The van der Waals surface area contributed by atoms with Gasteiger partial charge in [-0.2, -0.15) is 0 Å². The van der Waals surface area contributed by atoms with Gasteiger partial charge >= 0.3 is 0 Å². The summed E-state index contributed by atoms with van der Waals surface area (Å²) in [6.07, 6.45) is 4.19. The Morgan fingerprint density at radius 1 is 0.842 bits per heavy atom. The monoisotopic (exact) mass is 272 g/mol. The van der Waals surface area contributed by atoms with Crippen molar-refractivity contribution in [3.63, 3.8) is 0 Å². The van der Waals surface area contributed by atoms with E-state index in [2.05, 4.69) is 35.7 Å². The largest absolute Gasteiger partial charge is 0.373 e. The zero-order valence-corrected chi connectivity index (χ0v) is 11.5. The first-order chi connectivity index (χ1) is 9.43. The van der Waals surface area contributed by atoms with Crippen molar-refractivity contribution in [1.82, 2.24) is 0 Å². The van der Waals surface area contributed by atoms with E-state index in [1.807, 2.05) is 12.1 Å². The predicted molar refractivity (Wildman–Crippen MR) is 77.9 cm³/mol. The lowest BCUT2D eigenvalue weighted by molar-refractivity contribution is 0.102. The van der Waals surface area contributed by atoms with Gasteiger partial charge in [0.25, 0.3) is 0 Å². The summed E-state index contributed by atoms with van der Waals surface area (Å²) < 4.78 is 11.5. The van der Waals surface area contributed by atoms with Gasteiger partial charge in [-0.3, -0.25) is 0 Å². The molecule has 0 saturated heterocycles. The van der Waals surface area contributed by atoms with Crippen LogP contribution in [0.2, 0.25) is 0 Å². The molecule has 2 nitrogen and oxygen atoms in total. The lowest BCUT2D eigenvalue weighted by atomic mass is 10.1. The van der Waals surface area contributed by atoms with Crippen LogP contribution in [0.1, 0.15) is 21.6 Å². The van der Waals surface area contributed by atoms with Gasteiger partial charge in [-0.15, -0.1) is 11.3 Å². The van der Waals surface area contributed by atoms with Crippen LogP contribution in [0.5, 0.6) is 0 Å². The fourth-order valence-electron chi connectivity index (χ4n) is 2.11. The molecule has 2 aromatic rings. The average molecular weight is 272 g/mol. The van der Waals surface area contributed by atoms with E-state index in [0.29, 0.717) is 26.4 Å². The van der Waals surface area contributed by atoms with Gasteiger partial charge in [0.1, 0.15) is 0 Å². The van der Waals surface area contributed by atoms with Gasteiger partial charge in [-0.1, -0.05) is 30.3 Å². The minimum atomic E-state index is 0.637. The van der Waals surface area contributed by atoms with E-state index in [1.165, 1.54) is 21.6 Å². The molecule has 0 aliphatic carbocycles. The summed E-state index contributed by atoms with van der Waals surface area (Å²) >= 11 is 1.74. The Labute approximate surface area is 117 Å². The van der Waals surface area contributed by atoms with E-state index in [4.69, 9.17) is 9.47 Å². The molecule has 0 bridgehead atoms. The van der Waals surface area contributed by atoms with Crippen LogP contribution in [0.3, 0.4) is 0 Å². The zero-order chi connectivity index (χ0) is 12.9. The van der Waals surface area contributed by atoms with Crippen LogP contribution >= 0.6 is 11.3 Å². The highest BCUT2D eigenvalue weighted by atomic mass is 32.1. The smallest absolute Gasteiger partial charge is 0.0735 e. The van der Waals surface area contributed by atoms with Crippen LogP contribution in [0.4, 0.5) is 0 Å². The topological polar surface area (TPSA) is 18.5 Å². The molecule has 1 aliphatic rings. The van der Waals surface area contributed by atoms with E-state index in [0.717, 1.165) is 0 Å². The first kappa shape index (κ1) is 12.6. The fraction of sp³-hybridized carbons (Fsp3) is 0.250. The summed E-state index contributed by atoms with van der Waals surface area (Å²) in [7, 11) is 0. The summed E-state index contributed by atoms with van der Waals surface area (Å²) in [6, 6.07) is 10.4. The molecule has 2 heterocycles. The molecule has 1 aromatic carbocycles. The number of fused-ring (bicyclic) bond motifs is 2. The number of rotatable bonds is 0. The number of thiophene rings is 1. The molecule has 0 amide bonds. The highest BCUT2D eigenvalue weighted by molar-refractivity contribution is 7.11. The molecular formula is C16H16O2S. The summed E-state index contributed by atoms with van der Waals surface area (Å²) in [5, 5.41) is 2.10. The van der Waals surface area contributed by atoms with Crippen LogP contribution in [0.15, 0.2) is 41.8 Å². The maximum Gasteiger partial charge on any atom is 0.0735 e. The minimum absolute atomic E-state index is 0.637. The third-order valence-electron chi connectivity index (χ3n) is 3.16. The fourth-order valence-corrected chi connectivity index (χ4v) is 2.95. The molecule has 3 rings (SSSR count). The highest BCUT2D eigenvalue weighted by Gasteiger charge is 2.06. The highest BCUT2D eigenvalue weighted by Crippen LogP contribution is 2.21. The third kappa shape index (κ3) is 3.13. The van der Waals surface area contributed by atoms with Gasteiger partial charge in [0.05, 0.1) is 26.4 Å². The molecule has 1 aliphatic heterocycles. The Balaban J connectivity index is 1.82. The van der Waals surface area contributed by atoms with Gasteiger partial charge in [0.2, 0.25) is 0 Å². The van der Waals surface area contributed by atoms with Gasteiger partial charge in [0.15, 0.2) is 0 Å². The lowest BCUT2D eigenvalue weighted by Gasteiger charge is -2.11. The number of hydrogen-bond donors (Lipinski definition) is 0. The van der Waals surface area contributed by atoms with Crippen molar-refractivity contribution >= 4 is 17.4 Å². The van der Waals surface area contributed by atoms with Crippen molar-refractivity contribution in [2.45, 2.75) is 19.8 Å². The van der Waals surface area contributed by atoms with Gasteiger partial charge in [-0.25, -0.2) is 0 Å². The van der Waals surface area contributed by atoms with Crippen molar-refractivity contribution in [2.75, 3.05) is 6.61 Å². The molecule has 0 atom stereocenters. The van der Waals surface area contributed by atoms with Gasteiger partial charge in [0, 0.05) is 4.88 Å². The van der Waals surface area contributed by atoms with Crippen molar-refractivity contribution in [3.05, 3.63) is 63.4 Å². The zero-order valence-electron chi connectivity index (χ0n) is 10.7. The molecule has 0 saturated carbocycles. The normalized spacial score (nSPS) is 17.7. The molecular weight excluding hydrogens is 256 g/mol. The van der Waals surface area contributed by atoms with Crippen LogP contribution in [0.25, 0.3) is 6.08 Å². The van der Waals surface area contributed by atoms with Crippen molar-refractivity contribution in [2.24, 2.45) is 0 Å². The number of ether oxygens (including phenoxy) is 2. The molecule has 0 spiro atoms. The second kappa shape index (κ2) is 6.15. The van der Waals surface area contributed by atoms with E-state index < -0.39 is 0 Å². The molecule has 3 heteroatoms. The quantitative estimate of drug-likeness (QED) is 0.721. The molecule has 1 aromatic heterocycles. The first-order valence-electron chi connectivity index (χ1n) is 6.38. The third-order valence-corrected chi connectivity index (χ3v) is 4.08. The van der Waals surface area contributed by atoms with Crippen LogP contribution in [-0.4, -0.2) is 6.61 Å². The maximum absolute atomic E-state index is 5.83. The lowest BCUT2D eigenvalue weighted by Crippen LogP contribution is -2.02. The summed E-state index contributed by atoms with van der Waals surface area (Å²) in [4.78, 5) is 1.26. The van der Waals surface area contributed by atoms with E-state index in [-0.39, 0.29) is 0 Å². The van der Waals surface area contributed by atoms with Crippen LogP contribution < -0.4 is 0 Å². The summed E-state index contributed by atoms with van der Waals surface area (Å²) in [6.45, 7) is 2.59. The van der Waals surface area contributed by atoms with Crippen LogP contribution in [-0.2, 0) is 29.3 Å². The van der Waals surface area contributed by atoms with Crippen molar-refractivity contribution < 1.29 is 9.47 Å². The van der Waals surface area contributed by atoms with E-state index in [9.17, 15) is 0 Å². The Bertz CT molecular complexity index is 572. The molecule has 0 radical (unpaired) electrons. The average Bonchev–Trinajstić information content (AvgIpc) is 2.86. The molecule has 98 valence electrons.